The Balaban J connectivity index is 2.93. The molecule has 2 nitrogen and oxygen atoms in total. The molecule has 0 N–H and O–H groups in total. The van der Waals surface area contributed by atoms with E-state index in [4.69, 9.17) is 5.26 Å². The van der Waals surface area contributed by atoms with Crippen molar-refractivity contribution in [2.75, 3.05) is 0 Å². The van der Waals surface area contributed by atoms with Crippen molar-refractivity contribution >= 4 is 10.9 Å². The first-order valence-corrected chi connectivity index (χ1v) is 4.90. The molecule has 0 bridgehead atoms. The second-order valence-electron chi connectivity index (χ2n) is 3.91. The Morgan fingerprint density at radius 1 is 1.07 bits per heavy atom. The first-order valence-electron chi connectivity index (χ1n) is 4.90. The molecule has 15 heavy (non-hydrogen) atoms. The third kappa shape index (κ3) is 1.57. The summed E-state index contributed by atoms with van der Waals surface area (Å²) >= 11 is 0. The van der Waals surface area contributed by atoms with Gasteiger partial charge in [0.25, 0.3) is 0 Å². The molecule has 74 valence electrons. The van der Waals surface area contributed by atoms with Crippen LogP contribution in [-0.2, 0) is 0 Å². The van der Waals surface area contributed by atoms with E-state index in [9.17, 15) is 0 Å². The summed E-state index contributed by atoms with van der Waals surface area (Å²) in [6.45, 7) is 6.14. The predicted molar refractivity (Wildman–Crippen MR) is 60.7 cm³/mol. The molecule has 0 spiro atoms. The lowest BCUT2D eigenvalue weighted by molar-refractivity contribution is 1.28. The van der Waals surface area contributed by atoms with Gasteiger partial charge in [0.05, 0.1) is 5.52 Å². The molecule has 1 aromatic heterocycles. The first kappa shape index (κ1) is 9.67. The Kier molecular flexibility index (Phi) is 2.17. The Hall–Kier alpha value is -1.88. The van der Waals surface area contributed by atoms with Gasteiger partial charge in [0.1, 0.15) is 11.8 Å². The second kappa shape index (κ2) is 3.36. The fraction of sp³-hybridized carbons (Fsp3) is 0.231. The monoisotopic (exact) mass is 196 g/mol. The van der Waals surface area contributed by atoms with Crippen molar-refractivity contribution in [3.8, 4) is 6.07 Å². The predicted octanol–water partition coefficient (Wildman–Crippen LogP) is 3.03. The summed E-state index contributed by atoms with van der Waals surface area (Å²) in [5.41, 5.74) is 4.93. The molecular formula is C13H12N2. The van der Waals surface area contributed by atoms with Crippen LogP contribution in [0.1, 0.15) is 22.4 Å². The molecule has 2 rings (SSSR count). The first-order chi connectivity index (χ1) is 7.11. The van der Waals surface area contributed by atoms with Crippen LogP contribution in [0, 0.1) is 32.1 Å². The van der Waals surface area contributed by atoms with Crippen molar-refractivity contribution in [1.82, 2.24) is 4.98 Å². The van der Waals surface area contributed by atoms with Crippen LogP contribution >= 0.6 is 0 Å². The highest BCUT2D eigenvalue weighted by Gasteiger charge is 2.05. The van der Waals surface area contributed by atoms with Gasteiger partial charge < -0.3 is 0 Å². The van der Waals surface area contributed by atoms with Gasteiger partial charge in [-0.1, -0.05) is 6.07 Å². The number of benzene rings is 1. The zero-order valence-electron chi connectivity index (χ0n) is 9.13. The Morgan fingerprint density at radius 3 is 2.40 bits per heavy atom. The minimum atomic E-state index is 0.491. The third-order valence-electron chi connectivity index (χ3n) is 2.56. The van der Waals surface area contributed by atoms with Crippen LogP contribution in [0.5, 0.6) is 0 Å². The molecule has 0 atom stereocenters. The topological polar surface area (TPSA) is 36.7 Å². The lowest BCUT2D eigenvalue weighted by Crippen LogP contribution is -1.91. The number of pyridine rings is 1. The van der Waals surface area contributed by atoms with Crippen LogP contribution in [0.15, 0.2) is 18.2 Å². The van der Waals surface area contributed by atoms with Gasteiger partial charge >= 0.3 is 0 Å². The van der Waals surface area contributed by atoms with Crippen molar-refractivity contribution in [2.24, 2.45) is 0 Å². The lowest BCUT2D eigenvalue weighted by Gasteiger charge is -2.07. The molecule has 2 aromatic rings. The van der Waals surface area contributed by atoms with E-state index in [2.05, 4.69) is 24.0 Å². The summed E-state index contributed by atoms with van der Waals surface area (Å²) in [5.74, 6) is 0. The van der Waals surface area contributed by atoms with E-state index in [0.717, 1.165) is 11.1 Å². The standard InChI is InChI=1S/C13H12N2/c1-8-4-9(2)13-10(3)6-11(7-14)15-12(13)5-8/h4-6H,1-3H3. The highest BCUT2D eigenvalue weighted by molar-refractivity contribution is 5.86. The highest BCUT2D eigenvalue weighted by atomic mass is 14.7. The van der Waals surface area contributed by atoms with Gasteiger partial charge in [-0.3, -0.25) is 0 Å². The maximum atomic E-state index is 8.85. The van der Waals surface area contributed by atoms with Crippen LogP contribution < -0.4 is 0 Å². The number of fused-ring (bicyclic) bond motifs is 1. The van der Waals surface area contributed by atoms with E-state index >= 15 is 0 Å². The SMILES string of the molecule is Cc1cc(C)c2c(C)cc(C#N)nc2c1. The largest absolute Gasteiger partial charge is 0.237 e. The molecular weight excluding hydrogens is 184 g/mol. The molecule has 0 aliphatic rings. The molecule has 0 saturated heterocycles. The van der Waals surface area contributed by atoms with Crippen molar-refractivity contribution in [3.05, 3.63) is 40.6 Å². The fourth-order valence-corrected chi connectivity index (χ4v) is 2.04. The minimum absolute atomic E-state index is 0.491. The molecule has 0 saturated carbocycles. The number of nitrogens with zero attached hydrogens (tertiary/aromatic N) is 2. The number of nitriles is 1. The van der Waals surface area contributed by atoms with Crippen LogP contribution in [-0.4, -0.2) is 4.98 Å². The number of aryl methyl sites for hydroxylation is 3. The summed E-state index contributed by atoms with van der Waals surface area (Å²) in [4.78, 5) is 4.32. The van der Waals surface area contributed by atoms with E-state index in [1.165, 1.54) is 16.5 Å². The Morgan fingerprint density at radius 2 is 1.73 bits per heavy atom. The fourth-order valence-electron chi connectivity index (χ4n) is 2.04. The van der Waals surface area contributed by atoms with Gasteiger partial charge in [0.15, 0.2) is 0 Å². The summed E-state index contributed by atoms with van der Waals surface area (Å²) in [5, 5.41) is 10.0. The molecule has 0 aliphatic carbocycles. The minimum Gasteiger partial charge on any atom is -0.237 e. The molecule has 2 heteroatoms. The quantitative estimate of drug-likeness (QED) is 0.649. The average Bonchev–Trinajstić information content (AvgIpc) is 2.15. The van der Waals surface area contributed by atoms with Crippen molar-refractivity contribution in [1.29, 1.82) is 5.26 Å². The maximum Gasteiger partial charge on any atom is 0.141 e. The van der Waals surface area contributed by atoms with Gasteiger partial charge in [-0.25, -0.2) is 4.98 Å². The normalized spacial score (nSPS) is 10.3. The van der Waals surface area contributed by atoms with E-state index in [0.29, 0.717) is 5.69 Å². The zero-order valence-corrected chi connectivity index (χ0v) is 9.13. The van der Waals surface area contributed by atoms with Crippen LogP contribution in [0.25, 0.3) is 10.9 Å². The Bertz CT molecular complexity index is 577. The summed E-state index contributed by atoms with van der Waals surface area (Å²) < 4.78 is 0. The van der Waals surface area contributed by atoms with Gasteiger partial charge in [-0.15, -0.1) is 0 Å². The molecule has 1 aromatic carbocycles. The number of hydrogen-bond donors (Lipinski definition) is 0. The smallest absolute Gasteiger partial charge is 0.141 e. The van der Waals surface area contributed by atoms with Crippen LogP contribution in [0.2, 0.25) is 0 Å². The number of aromatic nitrogens is 1. The molecule has 0 amide bonds. The van der Waals surface area contributed by atoms with E-state index in [1.807, 2.05) is 26.0 Å². The molecule has 0 radical (unpaired) electrons. The zero-order chi connectivity index (χ0) is 11.0. The molecule has 0 aliphatic heterocycles. The number of hydrogen-bond acceptors (Lipinski definition) is 2. The van der Waals surface area contributed by atoms with E-state index in [1.54, 1.807) is 0 Å². The van der Waals surface area contributed by atoms with Crippen molar-refractivity contribution < 1.29 is 0 Å². The lowest BCUT2D eigenvalue weighted by atomic mass is 10.0. The Labute approximate surface area is 89.2 Å². The second-order valence-corrected chi connectivity index (χ2v) is 3.91. The molecule has 1 heterocycles. The molecule has 0 unspecified atom stereocenters. The van der Waals surface area contributed by atoms with Gasteiger partial charge in [0, 0.05) is 5.39 Å². The summed E-state index contributed by atoms with van der Waals surface area (Å²) in [7, 11) is 0. The van der Waals surface area contributed by atoms with E-state index in [-0.39, 0.29) is 0 Å². The maximum absolute atomic E-state index is 8.85. The van der Waals surface area contributed by atoms with Gasteiger partial charge in [-0.2, -0.15) is 5.26 Å². The van der Waals surface area contributed by atoms with Crippen molar-refractivity contribution in [3.63, 3.8) is 0 Å². The number of rotatable bonds is 0. The average molecular weight is 196 g/mol. The highest BCUT2D eigenvalue weighted by Crippen LogP contribution is 2.22. The summed E-state index contributed by atoms with van der Waals surface area (Å²) in [6.07, 6.45) is 0. The third-order valence-corrected chi connectivity index (χ3v) is 2.56. The van der Waals surface area contributed by atoms with Crippen LogP contribution in [0.3, 0.4) is 0 Å². The summed E-state index contributed by atoms with van der Waals surface area (Å²) in [6, 6.07) is 8.09. The molecule has 0 fully saturated rings. The van der Waals surface area contributed by atoms with Gasteiger partial charge in [-0.05, 0) is 49.6 Å². The van der Waals surface area contributed by atoms with Crippen molar-refractivity contribution in [2.45, 2.75) is 20.8 Å². The van der Waals surface area contributed by atoms with E-state index < -0.39 is 0 Å². The van der Waals surface area contributed by atoms with Gasteiger partial charge in [0.2, 0.25) is 0 Å². The van der Waals surface area contributed by atoms with Crippen LogP contribution in [0.4, 0.5) is 0 Å².